The molecule has 1 aliphatic rings. The number of amides is 1. The van der Waals surface area contributed by atoms with Gasteiger partial charge in [-0.2, -0.15) is 0 Å². The molecule has 1 amide bonds. The minimum Gasteiger partial charge on any atom is -0.375 e. The van der Waals surface area contributed by atoms with Gasteiger partial charge in [-0.1, -0.05) is 5.21 Å². The van der Waals surface area contributed by atoms with Crippen molar-refractivity contribution in [1.29, 1.82) is 0 Å². The first kappa shape index (κ1) is 14.9. The standard InChI is InChI=1S/C13H19N7OS/c14-13-17-10(8-22-13)5-16-12(21)11-7-20(19-18-11)6-9-2-1-3-15-4-9/h7-9,15H,1-6H2,(H2,14,17)(H,16,21)/t9-/m1/s1. The molecular weight excluding hydrogens is 302 g/mol. The van der Waals surface area contributed by atoms with E-state index >= 15 is 0 Å². The molecular formula is C13H19N7OS. The Labute approximate surface area is 132 Å². The lowest BCUT2D eigenvalue weighted by Gasteiger charge is -2.22. The van der Waals surface area contributed by atoms with Crippen LogP contribution in [-0.4, -0.2) is 39.0 Å². The molecule has 3 heterocycles. The Balaban J connectivity index is 1.52. The summed E-state index contributed by atoms with van der Waals surface area (Å²) in [5.41, 5.74) is 6.62. The number of nitrogens with two attached hydrogens (primary N) is 1. The molecule has 0 aromatic carbocycles. The van der Waals surface area contributed by atoms with Gasteiger partial charge in [-0.25, -0.2) is 4.98 Å². The maximum absolute atomic E-state index is 12.0. The molecule has 0 radical (unpaired) electrons. The molecule has 0 saturated carbocycles. The number of aromatic nitrogens is 4. The maximum Gasteiger partial charge on any atom is 0.273 e. The van der Waals surface area contributed by atoms with E-state index in [1.54, 1.807) is 10.9 Å². The van der Waals surface area contributed by atoms with Crippen molar-refractivity contribution in [1.82, 2.24) is 30.6 Å². The molecule has 9 heteroatoms. The summed E-state index contributed by atoms with van der Waals surface area (Å²) in [4.78, 5) is 16.1. The highest BCUT2D eigenvalue weighted by Crippen LogP contribution is 2.12. The van der Waals surface area contributed by atoms with Gasteiger partial charge in [0.15, 0.2) is 10.8 Å². The minimum atomic E-state index is -0.250. The second kappa shape index (κ2) is 6.84. The normalized spacial score (nSPS) is 18.3. The van der Waals surface area contributed by atoms with E-state index in [-0.39, 0.29) is 5.91 Å². The number of carbonyl (C=O) groups excluding carboxylic acids is 1. The molecule has 8 nitrogen and oxygen atoms in total. The maximum atomic E-state index is 12.0. The van der Waals surface area contributed by atoms with Crippen LogP contribution in [0.4, 0.5) is 5.13 Å². The third-order valence-corrected chi connectivity index (χ3v) is 4.34. The number of thiazole rings is 1. The Morgan fingerprint density at radius 1 is 1.59 bits per heavy atom. The van der Waals surface area contributed by atoms with Crippen LogP contribution in [-0.2, 0) is 13.1 Å². The molecule has 2 aromatic heterocycles. The second-order valence-corrected chi connectivity index (χ2v) is 6.29. The quantitative estimate of drug-likeness (QED) is 0.728. The van der Waals surface area contributed by atoms with Crippen LogP contribution in [0.1, 0.15) is 29.0 Å². The zero-order chi connectivity index (χ0) is 15.4. The third kappa shape index (κ3) is 3.80. The first-order chi connectivity index (χ1) is 10.7. The van der Waals surface area contributed by atoms with Gasteiger partial charge in [0.2, 0.25) is 0 Å². The topological polar surface area (TPSA) is 111 Å². The van der Waals surface area contributed by atoms with Crippen LogP contribution in [0.15, 0.2) is 11.6 Å². The molecule has 2 aromatic rings. The van der Waals surface area contributed by atoms with E-state index in [9.17, 15) is 4.79 Å². The predicted molar refractivity (Wildman–Crippen MR) is 83.3 cm³/mol. The van der Waals surface area contributed by atoms with Gasteiger partial charge in [-0.05, 0) is 31.8 Å². The first-order valence-corrected chi connectivity index (χ1v) is 8.17. The summed E-state index contributed by atoms with van der Waals surface area (Å²) >= 11 is 1.35. The Kier molecular flexibility index (Phi) is 4.64. The number of piperidine rings is 1. The fourth-order valence-corrected chi connectivity index (χ4v) is 3.06. The number of nitrogens with zero attached hydrogens (tertiary/aromatic N) is 4. The lowest BCUT2D eigenvalue weighted by atomic mass is 10.00. The summed E-state index contributed by atoms with van der Waals surface area (Å²) in [7, 11) is 0. The summed E-state index contributed by atoms with van der Waals surface area (Å²) in [5.74, 6) is 0.295. The highest BCUT2D eigenvalue weighted by molar-refractivity contribution is 7.13. The third-order valence-electron chi connectivity index (χ3n) is 3.62. The van der Waals surface area contributed by atoms with Gasteiger partial charge in [-0.3, -0.25) is 9.48 Å². The smallest absolute Gasteiger partial charge is 0.273 e. The van der Waals surface area contributed by atoms with Gasteiger partial charge in [0, 0.05) is 11.9 Å². The molecule has 4 N–H and O–H groups in total. The Morgan fingerprint density at radius 3 is 3.23 bits per heavy atom. The molecule has 1 fully saturated rings. The molecule has 0 bridgehead atoms. The summed E-state index contributed by atoms with van der Waals surface area (Å²) in [6, 6.07) is 0. The zero-order valence-corrected chi connectivity index (χ0v) is 13.0. The van der Waals surface area contributed by atoms with E-state index in [4.69, 9.17) is 5.73 Å². The SMILES string of the molecule is Nc1nc(CNC(=O)c2cn(C[C@@H]3CCCNC3)nn2)cs1. The van der Waals surface area contributed by atoms with Gasteiger partial charge >= 0.3 is 0 Å². The number of carbonyl (C=O) groups is 1. The van der Waals surface area contributed by atoms with Crippen LogP contribution in [0.5, 0.6) is 0 Å². The molecule has 118 valence electrons. The van der Waals surface area contributed by atoms with Crippen molar-refractivity contribution in [3.8, 4) is 0 Å². The van der Waals surface area contributed by atoms with Crippen LogP contribution in [0.2, 0.25) is 0 Å². The van der Waals surface area contributed by atoms with Crippen LogP contribution >= 0.6 is 11.3 Å². The first-order valence-electron chi connectivity index (χ1n) is 7.29. The molecule has 1 atom stereocenters. The van der Waals surface area contributed by atoms with Crippen molar-refractivity contribution >= 4 is 22.4 Å². The fourth-order valence-electron chi connectivity index (χ4n) is 2.50. The van der Waals surface area contributed by atoms with Crippen LogP contribution < -0.4 is 16.4 Å². The van der Waals surface area contributed by atoms with Crippen LogP contribution in [0.3, 0.4) is 0 Å². The summed E-state index contributed by atoms with van der Waals surface area (Å²) < 4.78 is 1.74. The Morgan fingerprint density at radius 2 is 2.50 bits per heavy atom. The van der Waals surface area contributed by atoms with Gasteiger partial charge in [0.25, 0.3) is 5.91 Å². The van der Waals surface area contributed by atoms with Crippen molar-refractivity contribution in [2.45, 2.75) is 25.9 Å². The molecule has 1 aliphatic heterocycles. The second-order valence-electron chi connectivity index (χ2n) is 5.40. The number of nitrogens with one attached hydrogen (secondary N) is 2. The average Bonchev–Trinajstić information content (AvgIpc) is 3.15. The van der Waals surface area contributed by atoms with E-state index in [0.717, 1.165) is 25.3 Å². The van der Waals surface area contributed by atoms with E-state index in [2.05, 4.69) is 25.9 Å². The summed E-state index contributed by atoms with van der Waals surface area (Å²) in [5, 5.41) is 16.4. The largest absolute Gasteiger partial charge is 0.375 e. The van der Waals surface area contributed by atoms with Crippen molar-refractivity contribution in [2.75, 3.05) is 18.8 Å². The van der Waals surface area contributed by atoms with E-state index < -0.39 is 0 Å². The minimum absolute atomic E-state index is 0.250. The van der Waals surface area contributed by atoms with Crippen molar-refractivity contribution in [2.24, 2.45) is 5.92 Å². The van der Waals surface area contributed by atoms with E-state index in [0.29, 0.717) is 23.3 Å². The van der Waals surface area contributed by atoms with Crippen molar-refractivity contribution in [3.63, 3.8) is 0 Å². The number of anilines is 1. The summed E-state index contributed by atoms with van der Waals surface area (Å²) in [6.07, 6.45) is 4.06. The molecule has 22 heavy (non-hydrogen) atoms. The molecule has 0 unspecified atom stereocenters. The molecule has 0 spiro atoms. The average molecular weight is 321 g/mol. The van der Waals surface area contributed by atoms with Crippen molar-refractivity contribution in [3.05, 3.63) is 23.0 Å². The number of hydrogen-bond donors (Lipinski definition) is 3. The molecule has 3 rings (SSSR count). The fraction of sp³-hybridized carbons (Fsp3) is 0.538. The number of rotatable bonds is 5. The van der Waals surface area contributed by atoms with Gasteiger partial charge in [0.05, 0.1) is 18.4 Å². The van der Waals surface area contributed by atoms with Crippen LogP contribution in [0.25, 0.3) is 0 Å². The number of hydrogen-bond acceptors (Lipinski definition) is 7. The monoisotopic (exact) mass is 321 g/mol. The van der Waals surface area contributed by atoms with Crippen molar-refractivity contribution < 1.29 is 4.79 Å². The molecule has 0 aliphatic carbocycles. The predicted octanol–water partition coefficient (Wildman–Crippen LogP) is 0.246. The highest BCUT2D eigenvalue weighted by atomic mass is 32.1. The lowest BCUT2D eigenvalue weighted by Crippen LogP contribution is -2.32. The Hall–Kier alpha value is -2.00. The van der Waals surface area contributed by atoms with Gasteiger partial charge in [-0.15, -0.1) is 16.4 Å². The zero-order valence-electron chi connectivity index (χ0n) is 12.2. The highest BCUT2D eigenvalue weighted by Gasteiger charge is 2.16. The van der Waals surface area contributed by atoms with Crippen LogP contribution in [0, 0.1) is 5.92 Å². The number of nitrogen functional groups attached to an aromatic ring is 1. The van der Waals surface area contributed by atoms with Gasteiger partial charge in [0.1, 0.15) is 0 Å². The van der Waals surface area contributed by atoms with E-state index in [1.165, 1.54) is 24.2 Å². The lowest BCUT2D eigenvalue weighted by molar-refractivity contribution is 0.0945. The summed E-state index contributed by atoms with van der Waals surface area (Å²) in [6.45, 7) is 3.21. The van der Waals surface area contributed by atoms with Gasteiger partial charge < -0.3 is 16.4 Å². The van der Waals surface area contributed by atoms with E-state index in [1.807, 2.05) is 5.38 Å². The molecule has 1 saturated heterocycles. The Bertz CT molecular complexity index is 632.